The maximum absolute atomic E-state index is 14.2. The molecule has 0 aliphatic heterocycles. The van der Waals surface area contributed by atoms with Crippen LogP contribution in [-0.2, 0) is 0 Å². The molecular weight excluding hydrogens is 483 g/mol. The first-order chi connectivity index (χ1) is 14.1. The van der Waals surface area contributed by atoms with Crippen LogP contribution < -0.4 is 4.74 Å². The van der Waals surface area contributed by atoms with E-state index in [-0.39, 0.29) is 19.3 Å². The summed E-state index contributed by atoms with van der Waals surface area (Å²) in [5.41, 5.74) is -0.618. The molecule has 0 radical (unpaired) electrons. The molecule has 0 fully saturated rings. The molecule has 2 atom stereocenters. The molecule has 2 nitrogen and oxygen atoms in total. The van der Waals surface area contributed by atoms with Gasteiger partial charge in [0.05, 0.1) is 18.6 Å². The van der Waals surface area contributed by atoms with E-state index < -0.39 is 53.4 Å². The Morgan fingerprint density at radius 1 is 0.719 bits per heavy atom. The van der Waals surface area contributed by atoms with Crippen molar-refractivity contribution in [1.82, 2.24) is 0 Å². The fourth-order valence-corrected chi connectivity index (χ4v) is 2.48. The van der Waals surface area contributed by atoms with Crippen LogP contribution in [0, 0.1) is 5.92 Å². The molecule has 0 amide bonds. The highest BCUT2D eigenvalue weighted by atomic mass is 19.4. The average Bonchev–Trinajstić information content (AvgIpc) is 2.66. The predicted molar refractivity (Wildman–Crippen MR) is 82.5 cm³/mol. The maximum atomic E-state index is 14.2. The van der Waals surface area contributed by atoms with Gasteiger partial charge >= 0.3 is 35.8 Å². The highest BCUT2D eigenvalue weighted by Crippen LogP contribution is 2.61. The van der Waals surface area contributed by atoms with E-state index in [1.54, 1.807) is 6.92 Å². The summed E-state index contributed by atoms with van der Waals surface area (Å²) < 4.78 is 177. The Bertz CT molecular complexity index is 772. The standard InChI is InChI=1S/C17H15F13O2/c1-3-32-10-6-4-9(5-7-10)11(31)8(2)12(18,19)13(20,21)14(22,23)15(24,25)16(26,27)17(28,29)30/h4-8,11,31H,3H2,1-2H3. The first-order valence-electron chi connectivity index (χ1n) is 8.47. The Balaban J connectivity index is 3.39. The summed E-state index contributed by atoms with van der Waals surface area (Å²) in [6, 6.07) is 3.73. The van der Waals surface area contributed by atoms with E-state index in [1.165, 1.54) is 0 Å². The Kier molecular flexibility index (Phi) is 7.42. The Hall–Kier alpha value is -1.93. The van der Waals surface area contributed by atoms with Crippen LogP contribution in [-0.4, -0.2) is 47.5 Å². The van der Waals surface area contributed by atoms with Crippen molar-refractivity contribution in [3.8, 4) is 5.75 Å². The molecule has 0 aromatic heterocycles. The van der Waals surface area contributed by atoms with Crippen molar-refractivity contribution in [1.29, 1.82) is 0 Å². The van der Waals surface area contributed by atoms with Gasteiger partial charge in [0, 0.05) is 0 Å². The third kappa shape index (κ3) is 4.19. The van der Waals surface area contributed by atoms with Crippen molar-refractivity contribution < 1.29 is 66.9 Å². The first-order valence-corrected chi connectivity index (χ1v) is 8.47. The van der Waals surface area contributed by atoms with Gasteiger partial charge in [0.15, 0.2) is 0 Å². The highest BCUT2D eigenvalue weighted by Gasteiger charge is 2.91. The lowest BCUT2D eigenvalue weighted by molar-refractivity contribution is -0.444. The van der Waals surface area contributed by atoms with Crippen molar-refractivity contribution in [2.24, 2.45) is 5.92 Å². The number of halogens is 13. The summed E-state index contributed by atoms with van der Waals surface area (Å²) in [4.78, 5) is 0. The molecule has 0 bridgehead atoms. The largest absolute Gasteiger partial charge is 0.494 e. The summed E-state index contributed by atoms with van der Waals surface area (Å²) in [5.74, 6) is -40.8. The van der Waals surface area contributed by atoms with Gasteiger partial charge in [0.1, 0.15) is 5.75 Å². The quantitative estimate of drug-likeness (QED) is 0.395. The van der Waals surface area contributed by atoms with Gasteiger partial charge in [-0.15, -0.1) is 0 Å². The molecule has 2 unspecified atom stereocenters. The molecule has 1 aromatic carbocycles. The van der Waals surface area contributed by atoms with Gasteiger partial charge in [0.2, 0.25) is 0 Å². The van der Waals surface area contributed by atoms with Gasteiger partial charge in [-0.2, -0.15) is 57.1 Å². The molecular formula is C17H15F13O2. The lowest BCUT2D eigenvalue weighted by Crippen LogP contribution is -2.71. The van der Waals surface area contributed by atoms with Crippen LogP contribution in [0.5, 0.6) is 5.75 Å². The van der Waals surface area contributed by atoms with Crippen molar-refractivity contribution in [3.05, 3.63) is 29.8 Å². The summed E-state index contributed by atoms with van der Waals surface area (Å²) in [5, 5.41) is 9.85. The minimum atomic E-state index is -7.98. The topological polar surface area (TPSA) is 29.5 Å². The van der Waals surface area contributed by atoms with Gasteiger partial charge < -0.3 is 9.84 Å². The summed E-state index contributed by atoms with van der Waals surface area (Å²) in [6.45, 7) is 1.67. The second-order valence-electron chi connectivity index (χ2n) is 6.65. The Morgan fingerprint density at radius 2 is 1.12 bits per heavy atom. The number of rotatable bonds is 9. The average molecular weight is 498 g/mol. The number of alkyl halides is 13. The van der Waals surface area contributed by atoms with Crippen molar-refractivity contribution in [2.75, 3.05) is 6.61 Å². The third-order valence-corrected chi connectivity index (χ3v) is 4.54. The Labute approximate surface area is 172 Å². The minimum absolute atomic E-state index is 0.00877. The smallest absolute Gasteiger partial charge is 0.460 e. The first kappa shape index (κ1) is 28.1. The van der Waals surface area contributed by atoms with Gasteiger partial charge in [-0.05, 0) is 24.6 Å². The van der Waals surface area contributed by atoms with Gasteiger partial charge in [-0.25, -0.2) is 0 Å². The normalized spacial score (nSPS) is 16.6. The minimum Gasteiger partial charge on any atom is -0.494 e. The molecule has 1 aromatic rings. The van der Waals surface area contributed by atoms with Crippen LogP contribution in [0.2, 0.25) is 0 Å². The van der Waals surface area contributed by atoms with Gasteiger partial charge in [-0.3, -0.25) is 0 Å². The van der Waals surface area contributed by atoms with Crippen LogP contribution in [0.15, 0.2) is 24.3 Å². The number of hydrogen-bond donors (Lipinski definition) is 1. The van der Waals surface area contributed by atoms with E-state index in [0.717, 1.165) is 24.3 Å². The molecule has 0 aliphatic carbocycles. The molecule has 0 spiro atoms. The fraction of sp³-hybridized carbons (Fsp3) is 0.647. The SMILES string of the molecule is CCOc1ccc(C(O)C(C)C(F)(F)C(F)(F)C(F)(F)C(F)(F)C(F)(F)C(F)(F)F)cc1. The Morgan fingerprint density at radius 3 is 1.50 bits per heavy atom. The molecule has 15 heteroatoms. The van der Waals surface area contributed by atoms with Gasteiger partial charge in [0.25, 0.3) is 0 Å². The second-order valence-corrected chi connectivity index (χ2v) is 6.65. The van der Waals surface area contributed by atoms with E-state index in [9.17, 15) is 62.2 Å². The number of aliphatic hydroxyl groups is 1. The van der Waals surface area contributed by atoms with E-state index in [4.69, 9.17) is 4.74 Å². The van der Waals surface area contributed by atoms with Crippen molar-refractivity contribution >= 4 is 0 Å². The van der Waals surface area contributed by atoms with Crippen molar-refractivity contribution in [2.45, 2.75) is 55.7 Å². The maximum Gasteiger partial charge on any atom is 0.460 e. The van der Waals surface area contributed by atoms with Crippen LogP contribution >= 0.6 is 0 Å². The zero-order chi connectivity index (χ0) is 25.6. The number of benzene rings is 1. The fourth-order valence-electron chi connectivity index (χ4n) is 2.48. The zero-order valence-corrected chi connectivity index (χ0v) is 15.9. The molecule has 186 valence electrons. The van der Waals surface area contributed by atoms with Crippen LogP contribution in [0.4, 0.5) is 57.1 Å². The summed E-state index contributed by atoms with van der Waals surface area (Å²) >= 11 is 0. The molecule has 0 aliphatic rings. The molecule has 0 heterocycles. The van der Waals surface area contributed by atoms with Crippen LogP contribution in [0.25, 0.3) is 0 Å². The number of hydrogen-bond acceptors (Lipinski definition) is 2. The summed E-state index contributed by atoms with van der Waals surface area (Å²) in [7, 11) is 0. The number of aliphatic hydroxyl groups excluding tert-OH is 1. The zero-order valence-electron chi connectivity index (χ0n) is 15.9. The van der Waals surface area contributed by atoms with E-state index >= 15 is 0 Å². The molecule has 1 N–H and O–H groups in total. The molecule has 1 rings (SSSR count). The van der Waals surface area contributed by atoms with Crippen LogP contribution in [0.1, 0.15) is 25.5 Å². The molecule has 0 saturated heterocycles. The monoisotopic (exact) mass is 498 g/mol. The van der Waals surface area contributed by atoms with E-state index in [0.29, 0.717) is 0 Å². The summed E-state index contributed by atoms with van der Waals surface area (Å²) in [6.07, 6.45) is -10.2. The van der Waals surface area contributed by atoms with Crippen LogP contribution in [0.3, 0.4) is 0 Å². The second kappa shape index (κ2) is 8.45. The lowest BCUT2D eigenvalue weighted by atomic mass is 9.83. The third-order valence-electron chi connectivity index (χ3n) is 4.54. The van der Waals surface area contributed by atoms with Gasteiger partial charge in [-0.1, -0.05) is 19.1 Å². The molecule has 0 saturated carbocycles. The predicted octanol–water partition coefficient (Wildman–Crippen LogP) is 6.49. The van der Waals surface area contributed by atoms with Crippen molar-refractivity contribution in [3.63, 3.8) is 0 Å². The number of ether oxygens (including phenoxy) is 1. The van der Waals surface area contributed by atoms with E-state index in [1.807, 2.05) is 0 Å². The molecule has 32 heavy (non-hydrogen) atoms. The van der Waals surface area contributed by atoms with E-state index in [2.05, 4.69) is 0 Å². The lowest BCUT2D eigenvalue weighted by Gasteiger charge is -2.42. The highest BCUT2D eigenvalue weighted by molar-refractivity contribution is 5.29.